The van der Waals surface area contributed by atoms with Gasteiger partial charge >= 0.3 is 0 Å². The van der Waals surface area contributed by atoms with Gasteiger partial charge in [0.1, 0.15) is 5.82 Å². The summed E-state index contributed by atoms with van der Waals surface area (Å²) >= 11 is 0. The van der Waals surface area contributed by atoms with Gasteiger partial charge in [-0.1, -0.05) is 0 Å². The van der Waals surface area contributed by atoms with Crippen molar-refractivity contribution in [2.45, 2.75) is 6.92 Å². The van der Waals surface area contributed by atoms with Crippen molar-refractivity contribution >= 4 is 17.5 Å². The van der Waals surface area contributed by atoms with Crippen LogP contribution in [0.5, 0.6) is 0 Å². The number of hydrazine groups is 1. The van der Waals surface area contributed by atoms with Crippen LogP contribution >= 0.6 is 0 Å². The maximum absolute atomic E-state index is 13.8. The number of carbonyl (C=O) groups is 1. The number of nitrogen functional groups attached to an aromatic ring is 1. The molecule has 0 fully saturated rings. The molecule has 1 amide bonds. The quantitative estimate of drug-likeness (QED) is 0.562. The lowest BCUT2D eigenvalue weighted by atomic mass is 10.2. The molecule has 0 saturated carbocycles. The van der Waals surface area contributed by atoms with Crippen molar-refractivity contribution in [2.75, 3.05) is 10.7 Å². The highest BCUT2D eigenvalue weighted by molar-refractivity contribution is 6.04. The van der Waals surface area contributed by atoms with E-state index in [-0.39, 0.29) is 11.4 Å². The molecule has 2 aromatic heterocycles. The Morgan fingerprint density at radius 3 is 2.84 bits per heavy atom. The Morgan fingerprint density at radius 1 is 1.53 bits per heavy atom. The first kappa shape index (κ1) is 13.0. The van der Waals surface area contributed by atoms with Gasteiger partial charge in [0.2, 0.25) is 0 Å². The van der Waals surface area contributed by atoms with Crippen molar-refractivity contribution in [3.8, 4) is 0 Å². The third-order valence-corrected chi connectivity index (χ3v) is 2.51. The van der Waals surface area contributed by atoms with E-state index in [0.29, 0.717) is 5.82 Å². The van der Waals surface area contributed by atoms with E-state index in [2.05, 4.69) is 20.8 Å². The van der Waals surface area contributed by atoms with E-state index >= 15 is 0 Å². The fraction of sp³-hybridized carbons (Fsp3) is 0.182. The molecule has 0 radical (unpaired) electrons. The van der Waals surface area contributed by atoms with Gasteiger partial charge in [0.05, 0.1) is 11.3 Å². The number of aryl methyl sites for hydroxylation is 2. The van der Waals surface area contributed by atoms with Crippen LogP contribution < -0.4 is 16.6 Å². The Kier molecular flexibility index (Phi) is 3.43. The molecule has 0 aromatic carbocycles. The number of halogens is 1. The molecule has 0 saturated heterocycles. The number of rotatable bonds is 3. The van der Waals surface area contributed by atoms with Crippen molar-refractivity contribution in [3.63, 3.8) is 0 Å². The lowest BCUT2D eigenvalue weighted by Crippen LogP contribution is -2.18. The number of nitrogens with zero attached hydrogens (tertiary/aromatic N) is 3. The molecule has 0 bridgehead atoms. The highest BCUT2D eigenvalue weighted by Crippen LogP contribution is 2.16. The fourth-order valence-corrected chi connectivity index (χ4v) is 1.63. The van der Waals surface area contributed by atoms with Gasteiger partial charge in [-0.3, -0.25) is 9.48 Å². The molecule has 0 aliphatic carbocycles. The van der Waals surface area contributed by atoms with Gasteiger partial charge in [0.15, 0.2) is 11.6 Å². The van der Waals surface area contributed by atoms with Gasteiger partial charge in [-0.15, -0.1) is 0 Å². The maximum atomic E-state index is 13.8. The van der Waals surface area contributed by atoms with E-state index in [9.17, 15) is 9.18 Å². The molecule has 19 heavy (non-hydrogen) atoms. The number of anilines is 2. The van der Waals surface area contributed by atoms with Crippen molar-refractivity contribution in [3.05, 3.63) is 35.4 Å². The first-order valence-electron chi connectivity index (χ1n) is 5.46. The number of hydrogen-bond acceptors (Lipinski definition) is 5. The average Bonchev–Trinajstić information content (AvgIpc) is 2.68. The number of hydrogen-bond donors (Lipinski definition) is 3. The summed E-state index contributed by atoms with van der Waals surface area (Å²) in [5, 5.41) is 6.64. The first-order valence-corrected chi connectivity index (χ1v) is 5.46. The summed E-state index contributed by atoms with van der Waals surface area (Å²) in [4.78, 5) is 15.6. The molecule has 2 heterocycles. The van der Waals surface area contributed by atoms with Crippen LogP contribution in [0.4, 0.5) is 16.0 Å². The minimum atomic E-state index is -0.804. The van der Waals surface area contributed by atoms with Crippen LogP contribution in [0.1, 0.15) is 16.1 Å². The zero-order valence-electron chi connectivity index (χ0n) is 10.4. The molecule has 4 N–H and O–H groups in total. The molecule has 0 unspecified atom stereocenters. The zero-order chi connectivity index (χ0) is 14.0. The Balaban J connectivity index is 2.28. The summed E-state index contributed by atoms with van der Waals surface area (Å²) in [6.07, 6.45) is 1.29. The second-order valence-electron chi connectivity index (χ2n) is 3.91. The van der Waals surface area contributed by atoms with Crippen LogP contribution in [-0.2, 0) is 7.05 Å². The zero-order valence-corrected chi connectivity index (χ0v) is 10.4. The van der Waals surface area contributed by atoms with Crippen LogP contribution in [0.2, 0.25) is 0 Å². The van der Waals surface area contributed by atoms with Crippen LogP contribution in [-0.4, -0.2) is 20.7 Å². The van der Waals surface area contributed by atoms with E-state index in [4.69, 9.17) is 5.84 Å². The van der Waals surface area contributed by atoms with Crippen LogP contribution in [0.15, 0.2) is 18.3 Å². The number of aromatic nitrogens is 3. The molecule has 0 aliphatic rings. The van der Waals surface area contributed by atoms with Gasteiger partial charge < -0.3 is 10.7 Å². The standard InChI is InChI=1S/C11H13FN6O/c1-6-5-8(18(2)17-6)15-11(19)7-3-4-14-10(16-13)9(7)12/h3-5H,13H2,1-2H3,(H,14,16)(H,15,19). The number of amides is 1. The second-order valence-corrected chi connectivity index (χ2v) is 3.91. The van der Waals surface area contributed by atoms with Crippen molar-refractivity contribution in [1.29, 1.82) is 0 Å². The average molecular weight is 264 g/mol. The van der Waals surface area contributed by atoms with E-state index < -0.39 is 11.7 Å². The second kappa shape index (κ2) is 5.02. The van der Waals surface area contributed by atoms with Gasteiger partial charge in [-0.2, -0.15) is 5.10 Å². The largest absolute Gasteiger partial charge is 0.307 e. The summed E-state index contributed by atoms with van der Waals surface area (Å²) in [6.45, 7) is 1.79. The summed E-state index contributed by atoms with van der Waals surface area (Å²) in [6, 6.07) is 2.95. The Labute approximate surface area is 108 Å². The minimum absolute atomic E-state index is 0.151. The van der Waals surface area contributed by atoms with Crippen LogP contribution in [0.25, 0.3) is 0 Å². The molecule has 0 atom stereocenters. The predicted octanol–water partition coefficient (Wildman–Crippen LogP) is 0.801. The fourth-order valence-electron chi connectivity index (χ4n) is 1.63. The SMILES string of the molecule is Cc1cc(NC(=O)c2ccnc(NN)c2F)n(C)n1. The van der Waals surface area contributed by atoms with E-state index in [1.807, 2.05) is 0 Å². The third kappa shape index (κ3) is 2.52. The van der Waals surface area contributed by atoms with Gasteiger partial charge in [0, 0.05) is 19.3 Å². The van der Waals surface area contributed by atoms with Gasteiger partial charge in [-0.05, 0) is 13.0 Å². The lowest BCUT2D eigenvalue weighted by molar-refractivity contribution is 0.102. The van der Waals surface area contributed by atoms with Crippen molar-refractivity contribution in [2.24, 2.45) is 12.9 Å². The molecule has 2 aromatic rings. The highest BCUT2D eigenvalue weighted by Gasteiger charge is 2.17. The number of carbonyl (C=O) groups excluding carboxylic acids is 1. The molecular formula is C11H13FN6O. The molecule has 0 aliphatic heterocycles. The molecule has 2 rings (SSSR count). The third-order valence-electron chi connectivity index (χ3n) is 2.51. The van der Waals surface area contributed by atoms with Crippen LogP contribution in [0.3, 0.4) is 0 Å². The highest BCUT2D eigenvalue weighted by atomic mass is 19.1. The van der Waals surface area contributed by atoms with Crippen LogP contribution in [0, 0.1) is 12.7 Å². The Morgan fingerprint density at radius 2 is 2.26 bits per heavy atom. The molecule has 8 heteroatoms. The number of pyridine rings is 1. The van der Waals surface area contributed by atoms with E-state index in [1.54, 1.807) is 20.0 Å². The van der Waals surface area contributed by atoms with E-state index in [1.165, 1.54) is 16.9 Å². The van der Waals surface area contributed by atoms with Crippen molar-refractivity contribution < 1.29 is 9.18 Å². The van der Waals surface area contributed by atoms with Crippen molar-refractivity contribution in [1.82, 2.24) is 14.8 Å². The topological polar surface area (TPSA) is 97.9 Å². The summed E-state index contributed by atoms with van der Waals surface area (Å²) < 4.78 is 15.3. The minimum Gasteiger partial charge on any atom is -0.307 e. The van der Waals surface area contributed by atoms with E-state index in [0.717, 1.165) is 5.69 Å². The molecule has 7 nitrogen and oxygen atoms in total. The normalized spacial score (nSPS) is 10.3. The summed E-state index contributed by atoms with van der Waals surface area (Å²) in [5.74, 6) is 3.99. The first-order chi connectivity index (χ1) is 9.02. The summed E-state index contributed by atoms with van der Waals surface area (Å²) in [5.41, 5.74) is 2.68. The number of nitrogens with two attached hydrogens (primary N) is 1. The lowest BCUT2D eigenvalue weighted by Gasteiger charge is -2.07. The Bertz CT molecular complexity index is 624. The molecule has 0 spiro atoms. The number of nitrogens with one attached hydrogen (secondary N) is 2. The summed E-state index contributed by atoms with van der Waals surface area (Å²) in [7, 11) is 1.68. The Hall–Kier alpha value is -2.48. The monoisotopic (exact) mass is 264 g/mol. The van der Waals surface area contributed by atoms with Gasteiger partial charge in [0.25, 0.3) is 5.91 Å². The predicted molar refractivity (Wildman–Crippen MR) is 67.9 cm³/mol. The molecular weight excluding hydrogens is 251 g/mol. The smallest absolute Gasteiger partial charge is 0.259 e. The van der Waals surface area contributed by atoms with Gasteiger partial charge in [-0.25, -0.2) is 15.2 Å². The molecule has 100 valence electrons. The maximum Gasteiger partial charge on any atom is 0.259 e.